The lowest BCUT2D eigenvalue weighted by molar-refractivity contribution is -0.274. The Morgan fingerprint density at radius 1 is 1.20 bits per heavy atom. The molecule has 1 aliphatic rings. The molecular formula is C18H21F3N4O5. The van der Waals surface area contributed by atoms with E-state index in [1.165, 1.54) is 19.1 Å². The second-order valence-corrected chi connectivity index (χ2v) is 6.68. The number of hydrogen-bond donors (Lipinski definition) is 3. The number of unbranched alkanes of at least 4 members (excludes halogenated alkanes) is 1. The van der Waals surface area contributed by atoms with E-state index in [0.717, 1.165) is 25.0 Å². The van der Waals surface area contributed by atoms with Gasteiger partial charge in [-0.15, -0.1) is 13.2 Å². The Labute approximate surface area is 169 Å². The van der Waals surface area contributed by atoms with Gasteiger partial charge in [0.2, 0.25) is 5.91 Å². The average Bonchev–Trinajstić information content (AvgIpc) is 2.85. The number of carbonyl (C=O) groups is 4. The molecule has 12 heteroatoms. The molecule has 1 fully saturated rings. The zero-order valence-corrected chi connectivity index (χ0v) is 16.3. The maximum Gasteiger partial charge on any atom is 0.573 e. The lowest BCUT2D eigenvalue weighted by Gasteiger charge is -2.22. The van der Waals surface area contributed by atoms with Gasteiger partial charge in [-0.05, 0) is 31.0 Å². The SMILES string of the molecule is CCCCNC(=O)NC(=O)CN1C(=O)NC(C)(c2ccc(OC(F)(F)F)cc2)C1=O. The summed E-state index contributed by atoms with van der Waals surface area (Å²) in [4.78, 5) is 49.2. The van der Waals surface area contributed by atoms with Gasteiger partial charge in [0, 0.05) is 6.54 Å². The third kappa shape index (κ3) is 5.61. The summed E-state index contributed by atoms with van der Waals surface area (Å²) in [5, 5.41) is 6.88. The summed E-state index contributed by atoms with van der Waals surface area (Å²) in [7, 11) is 0. The maximum absolute atomic E-state index is 12.7. The van der Waals surface area contributed by atoms with Crippen LogP contribution in [0.4, 0.5) is 22.8 Å². The first-order valence-electron chi connectivity index (χ1n) is 9.04. The van der Waals surface area contributed by atoms with Crippen LogP contribution < -0.4 is 20.7 Å². The van der Waals surface area contributed by atoms with E-state index in [1.807, 2.05) is 12.2 Å². The number of nitrogens with zero attached hydrogens (tertiary/aromatic N) is 1. The van der Waals surface area contributed by atoms with Crippen molar-refractivity contribution in [2.24, 2.45) is 0 Å². The largest absolute Gasteiger partial charge is 0.573 e. The number of halogens is 3. The Balaban J connectivity index is 2.04. The summed E-state index contributed by atoms with van der Waals surface area (Å²) in [6, 6.07) is 2.78. The number of amides is 6. The highest BCUT2D eigenvalue weighted by atomic mass is 19.4. The summed E-state index contributed by atoms with van der Waals surface area (Å²) >= 11 is 0. The predicted molar refractivity (Wildman–Crippen MR) is 97.2 cm³/mol. The molecule has 0 aliphatic carbocycles. The summed E-state index contributed by atoms with van der Waals surface area (Å²) < 4.78 is 40.6. The van der Waals surface area contributed by atoms with E-state index in [4.69, 9.17) is 0 Å². The van der Waals surface area contributed by atoms with Gasteiger partial charge in [0.05, 0.1) is 0 Å². The second-order valence-electron chi connectivity index (χ2n) is 6.68. The molecule has 1 aromatic carbocycles. The lowest BCUT2D eigenvalue weighted by Crippen LogP contribution is -2.47. The minimum Gasteiger partial charge on any atom is -0.406 e. The molecule has 0 bridgehead atoms. The van der Waals surface area contributed by atoms with E-state index in [1.54, 1.807) is 0 Å². The van der Waals surface area contributed by atoms with Crippen molar-refractivity contribution in [3.8, 4) is 5.75 Å². The highest BCUT2D eigenvalue weighted by Crippen LogP contribution is 2.31. The van der Waals surface area contributed by atoms with Crippen LogP contribution in [0.5, 0.6) is 5.75 Å². The lowest BCUT2D eigenvalue weighted by atomic mass is 9.92. The first-order valence-corrected chi connectivity index (χ1v) is 9.04. The Hall–Kier alpha value is -3.31. The van der Waals surface area contributed by atoms with E-state index in [2.05, 4.69) is 15.4 Å². The maximum atomic E-state index is 12.7. The molecule has 1 heterocycles. The molecule has 0 saturated carbocycles. The number of hydrogen-bond acceptors (Lipinski definition) is 5. The average molecular weight is 430 g/mol. The number of imide groups is 2. The van der Waals surface area contributed by atoms with Crippen molar-refractivity contribution in [2.75, 3.05) is 13.1 Å². The highest BCUT2D eigenvalue weighted by molar-refractivity contribution is 6.10. The topological polar surface area (TPSA) is 117 Å². The van der Waals surface area contributed by atoms with Gasteiger partial charge in [-0.1, -0.05) is 25.5 Å². The number of alkyl halides is 3. The molecule has 0 spiro atoms. The van der Waals surface area contributed by atoms with Crippen molar-refractivity contribution in [3.63, 3.8) is 0 Å². The Morgan fingerprint density at radius 3 is 2.40 bits per heavy atom. The predicted octanol–water partition coefficient (Wildman–Crippen LogP) is 1.98. The van der Waals surface area contributed by atoms with E-state index in [-0.39, 0.29) is 5.56 Å². The summed E-state index contributed by atoms with van der Waals surface area (Å²) in [5.74, 6) is -2.15. The van der Waals surface area contributed by atoms with Gasteiger partial charge in [-0.3, -0.25) is 19.8 Å². The van der Waals surface area contributed by atoms with Crippen LogP contribution in [0.3, 0.4) is 0 Å². The van der Waals surface area contributed by atoms with Gasteiger partial charge in [0.25, 0.3) is 5.91 Å². The molecule has 2 rings (SSSR count). The van der Waals surface area contributed by atoms with Crippen molar-refractivity contribution in [1.82, 2.24) is 20.9 Å². The number of rotatable bonds is 7. The summed E-state index contributed by atoms with van der Waals surface area (Å²) in [6.07, 6.45) is -3.30. The third-order valence-electron chi connectivity index (χ3n) is 4.31. The fraction of sp³-hybridized carbons (Fsp3) is 0.444. The van der Waals surface area contributed by atoms with E-state index < -0.39 is 48.1 Å². The monoisotopic (exact) mass is 430 g/mol. The Bertz CT molecular complexity index is 828. The second kappa shape index (κ2) is 9.01. The van der Waals surface area contributed by atoms with Crippen LogP contribution in [0.2, 0.25) is 0 Å². The van der Waals surface area contributed by atoms with Crippen molar-refractivity contribution in [3.05, 3.63) is 29.8 Å². The van der Waals surface area contributed by atoms with Gasteiger partial charge in [-0.2, -0.15) is 0 Å². The van der Waals surface area contributed by atoms with E-state index in [0.29, 0.717) is 11.4 Å². The molecule has 1 atom stereocenters. The van der Waals surface area contributed by atoms with Gasteiger partial charge in [0.15, 0.2) is 0 Å². The molecule has 1 unspecified atom stereocenters. The zero-order chi connectivity index (χ0) is 22.5. The Morgan fingerprint density at radius 2 is 1.83 bits per heavy atom. The van der Waals surface area contributed by atoms with Gasteiger partial charge in [-0.25, -0.2) is 9.59 Å². The minimum atomic E-state index is -4.87. The molecule has 164 valence electrons. The van der Waals surface area contributed by atoms with Gasteiger partial charge >= 0.3 is 18.4 Å². The minimum absolute atomic E-state index is 0.190. The Kier molecular flexibility index (Phi) is 6.90. The molecule has 30 heavy (non-hydrogen) atoms. The van der Waals surface area contributed by atoms with Crippen LogP contribution in [-0.2, 0) is 15.1 Å². The first-order chi connectivity index (χ1) is 14.0. The van der Waals surface area contributed by atoms with Crippen molar-refractivity contribution < 1.29 is 37.1 Å². The number of nitrogens with one attached hydrogen (secondary N) is 3. The quantitative estimate of drug-likeness (QED) is 0.452. The van der Waals surface area contributed by atoms with Crippen molar-refractivity contribution in [1.29, 1.82) is 0 Å². The van der Waals surface area contributed by atoms with Crippen molar-refractivity contribution in [2.45, 2.75) is 38.6 Å². The van der Waals surface area contributed by atoms with Gasteiger partial charge < -0.3 is 15.4 Å². The molecule has 1 aromatic rings. The third-order valence-corrected chi connectivity index (χ3v) is 4.31. The van der Waals surface area contributed by atoms with Crippen LogP contribution >= 0.6 is 0 Å². The van der Waals surface area contributed by atoms with E-state index >= 15 is 0 Å². The van der Waals surface area contributed by atoms with Gasteiger partial charge in [0.1, 0.15) is 17.8 Å². The molecular weight excluding hydrogens is 409 g/mol. The number of carbonyl (C=O) groups excluding carboxylic acids is 4. The smallest absolute Gasteiger partial charge is 0.406 e. The first kappa shape index (κ1) is 23.0. The van der Waals surface area contributed by atoms with Crippen LogP contribution in [0.25, 0.3) is 0 Å². The molecule has 1 aliphatic heterocycles. The summed E-state index contributed by atoms with van der Waals surface area (Å²) in [5.41, 5.74) is -1.41. The van der Waals surface area contributed by atoms with Crippen molar-refractivity contribution >= 4 is 23.9 Å². The molecule has 1 saturated heterocycles. The number of urea groups is 2. The van der Waals surface area contributed by atoms with Crippen LogP contribution in [0, 0.1) is 0 Å². The van der Waals surface area contributed by atoms with Crippen LogP contribution in [-0.4, -0.2) is 48.2 Å². The normalized spacial score (nSPS) is 18.8. The molecule has 3 N–H and O–H groups in total. The van der Waals surface area contributed by atoms with Crippen LogP contribution in [0.15, 0.2) is 24.3 Å². The highest BCUT2D eigenvalue weighted by Gasteiger charge is 2.49. The molecule has 0 radical (unpaired) electrons. The molecule has 0 aromatic heterocycles. The number of ether oxygens (including phenoxy) is 1. The molecule has 6 amide bonds. The molecule has 9 nitrogen and oxygen atoms in total. The number of benzene rings is 1. The summed E-state index contributed by atoms with van der Waals surface area (Å²) in [6.45, 7) is 2.94. The fourth-order valence-electron chi connectivity index (χ4n) is 2.76. The van der Waals surface area contributed by atoms with Crippen LogP contribution in [0.1, 0.15) is 32.3 Å². The van der Waals surface area contributed by atoms with E-state index in [9.17, 15) is 32.3 Å². The standard InChI is InChI=1S/C18H21F3N4O5/c1-3-4-9-22-15(28)23-13(26)10-25-14(27)17(2,24-16(25)29)11-5-7-12(8-6-11)30-18(19,20)21/h5-8H,3-4,9-10H2,1-2H3,(H,24,29)(H2,22,23,26,28). The fourth-order valence-corrected chi connectivity index (χ4v) is 2.76. The zero-order valence-electron chi connectivity index (χ0n) is 16.3.